The van der Waals surface area contributed by atoms with Crippen LogP contribution in [0.2, 0.25) is 0 Å². The minimum atomic E-state index is -0.904. The third-order valence-corrected chi connectivity index (χ3v) is 3.77. The topological polar surface area (TPSA) is 9.23 Å². The van der Waals surface area contributed by atoms with Crippen molar-refractivity contribution in [2.24, 2.45) is 0 Å². The van der Waals surface area contributed by atoms with Crippen LogP contribution in [0.5, 0.6) is 0 Å². The zero-order chi connectivity index (χ0) is 5.91. The molecule has 0 heterocycles. The molecule has 0 aromatic carbocycles. The maximum absolute atomic E-state index is 5.20. The summed E-state index contributed by atoms with van der Waals surface area (Å²) in [6.07, 6.45) is 1.18. The van der Waals surface area contributed by atoms with Gasteiger partial charge in [0.1, 0.15) is 7.49 Å². The van der Waals surface area contributed by atoms with Gasteiger partial charge in [-0.25, -0.2) is 4.52 Å². The zero-order valence-corrected chi connectivity index (χ0v) is 6.46. The van der Waals surface area contributed by atoms with Crippen molar-refractivity contribution in [3.63, 3.8) is 0 Å². The molecule has 0 aliphatic rings. The molecule has 0 bridgehead atoms. The van der Waals surface area contributed by atoms with E-state index in [2.05, 4.69) is 20.3 Å². The molecule has 0 radical (unpaired) electrons. The fourth-order valence-corrected chi connectivity index (χ4v) is 0.387. The van der Waals surface area contributed by atoms with E-state index in [0.717, 1.165) is 0 Å². The molecule has 7 heavy (non-hydrogen) atoms. The maximum Gasteiger partial charge on any atom is 0.139 e. The third-order valence-electron chi connectivity index (χ3n) is 1.26. The number of hydrogen-bond acceptors (Lipinski definition) is 1. The Morgan fingerprint density at radius 2 is 1.86 bits per heavy atom. The molecule has 2 heteroatoms. The molecule has 0 aliphatic heterocycles. The van der Waals surface area contributed by atoms with Crippen molar-refractivity contribution in [2.45, 2.75) is 6.92 Å². The van der Waals surface area contributed by atoms with Crippen LogP contribution in [0.15, 0.2) is 0 Å². The van der Waals surface area contributed by atoms with Crippen molar-refractivity contribution >= 4 is 7.49 Å². The molecule has 0 atom stereocenters. The van der Waals surface area contributed by atoms with Gasteiger partial charge in [-0.3, -0.25) is 0 Å². The lowest BCUT2D eigenvalue weighted by molar-refractivity contribution is 0.453. The number of hydrogen-bond donors (Lipinski definition) is 0. The molecule has 0 rings (SSSR count). The highest BCUT2D eigenvalue weighted by Crippen LogP contribution is 2.50. The van der Waals surface area contributed by atoms with E-state index in [1.807, 2.05) is 0 Å². The van der Waals surface area contributed by atoms with Crippen LogP contribution in [-0.2, 0) is 4.52 Å². The van der Waals surface area contributed by atoms with E-state index in [0.29, 0.717) is 0 Å². The first kappa shape index (κ1) is 7.39. The Morgan fingerprint density at radius 3 is 1.86 bits per heavy atom. The first-order valence-corrected chi connectivity index (χ1v) is 5.30. The van der Waals surface area contributed by atoms with Gasteiger partial charge in [-0.15, -0.1) is 0 Å². The third kappa shape index (κ3) is 3.02. The lowest BCUT2D eigenvalue weighted by Gasteiger charge is -2.09. The predicted molar refractivity (Wildman–Crippen MR) is 36.3 cm³/mol. The molecule has 0 aromatic heterocycles. The fourth-order valence-electron chi connectivity index (χ4n) is 0.129. The molecule has 0 amide bonds. The predicted octanol–water partition coefficient (Wildman–Crippen LogP) is 1.84. The highest BCUT2D eigenvalue weighted by atomic mass is 31.2. The molecule has 0 unspecified atom stereocenters. The van der Waals surface area contributed by atoms with E-state index < -0.39 is 7.49 Å². The molecule has 0 N–H and O–H groups in total. The molecule has 0 aromatic rings. The molecule has 0 saturated heterocycles. The maximum atomic E-state index is 5.20. The highest BCUT2D eigenvalue weighted by molar-refractivity contribution is 7.69. The van der Waals surface area contributed by atoms with E-state index in [4.69, 9.17) is 4.52 Å². The summed E-state index contributed by atoms with van der Waals surface area (Å²) >= 11 is 0. The standard InChI is InChI=1S/C5H14OP/c1-5-7(3,4)6-2/h5H2,1-4H3/q+1. The summed E-state index contributed by atoms with van der Waals surface area (Å²) in [7, 11) is 0.885. The summed E-state index contributed by atoms with van der Waals surface area (Å²) in [5.41, 5.74) is 0. The summed E-state index contributed by atoms with van der Waals surface area (Å²) in [6.45, 7) is 6.54. The summed E-state index contributed by atoms with van der Waals surface area (Å²) < 4.78 is 5.20. The van der Waals surface area contributed by atoms with Gasteiger partial charge in [0.05, 0.1) is 26.6 Å². The van der Waals surface area contributed by atoms with Crippen molar-refractivity contribution in [3.8, 4) is 0 Å². The van der Waals surface area contributed by atoms with Crippen molar-refractivity contribution < 1.29 is 4.52 Å². The smallest absolute Gasteiger partial charge is 0.139 e. The van der Waals surface area contributed by atoms with E-state index in [1.54, 1.807) is 7.11 Å². The van der Waals surface area contributed by atoms with Crippen molar-refractivity contribution in [1.29, 1.82) is 0 Å². The van der Waals surface area contributed by atoms with Crippen LogP contribution in [0.25, 0.3) is 0 Å². The van der Waals surface area contributed by atoms with Gasteiger partial charge in [0.25, 0.3) is 0 Å². The lowest BCUT2D eigenvalue weighted by Crippen LogP contribution is -1.91. The quantitative estimate of drug-likeness (QED) is 0.506. The minimum absolute atomic E-state index is 0.904. The van der Waals surface area contributed by atoms with E-state index in [-0.39, 0.29) is 0 Å². The molecule has 0 saturated carbocycles. The first-order valence-electron chi connectivity index (χ1n) is 2.51. The SMILES string of the molecule is CC[P+](C)(C)OC. The Kier molecular flexibility index (Phi) is 2.78. The summed E-state index contributed by atoms with van der Waals surface area (Å²) in [4.78, 5) is 0. The van der Waals surface area contributed by atoms with Crippen LogP contribution in [0, 0.1) is 0 Å². The van der Waals surface area contributed by atoms with Gasteiger partial charge < -0.3 is 0 Å². The van der Waals surface area contributed by atoms with Gasteiger partial charge in [0, 0.05) is 0 Å². The summed E-state index contributed by atoms with van der Waals surface area (Å²) in [6, 6.07) is 0. The first-order chi connectivity index (χ1) is 3.12. The molecule has 44 valence electrons. The Balaban J connectivity index is 3.36. The highest BCUT2D eigenvalue weighted by Gasteiger charge is 2.20. The van der Waals surface area contributed by atoms with Gasteiger partial charge in [0.15, 0.2) is 0 Å². The van der Waals surface area contributed by atoms with Gasteiger partial charge in [-0.05, 0) is 6.92 Å². The lowest BCUT2D eigenvalue weighted by atomic mass is 11.0. The van der Waals surface area contributed by atoms with Gasteiger partial charge in [-0.2, -0.15) is 0 Å². The fraction of sp³-hybridized carbons (Fsp3) is 1.00. The normalized spacial score (nSPS) is 12.0. The van der Waals surface area contributed by atoms with Crippen molar-refractivity contribution in [3.05, 3.63) is 0 Å². The Bertz CT molecular complexity index is 46.0. The van der Waals surface area contributed by atoms with Gasteiger partial charge in [0.2, 0.25) is 0 Å². The van der Waals surface area contributed by atoms with Crippen molar-refractivity contribution in [2.75, 3.05) is 26.6 Å². The van der Waals surface area contributed by atoms with Crippen LogP contribution in [0.1, 0.15) is 6.92 Å². The molecule has 1 nitrogen and oxygen atoms in total. The van der Waals surface area contributed by atoms with Gasteiger partial charge >= 0.3 is 0 Å². The average Bonchev–Trinajstić information content (AvgIpc) is 1.68. The molecular weight excluding hydrogens is 107 g/mol. The second-order valence-electron chi connectivity index (χ2n) is 2.07. The molecular formula is C5H14OP+. The van der Waals surface area contributed by atoms with E-state index in [9.17, 15) is 0 Å². The van der Waals surface area contributed by atoms with Gasteiger partial charge in [-0.1, -0.05) is 0 Å². The zero-order valence-electron chi connectivity index (χ0n) is 5.56. The monoisotopic (exact) mass is 121 g/mol. The van der Waals surface area contributed by atoms with Crippen LogP contribution in [0.4, 0.5) is 0 Å². The van der Waals surface area contributed by atoms with E-state index >= 15 is 0 Å². The summed E-state index contributed by atoms with van der Waals surface area (Å²) in [5.74, 6) is 0. The van der Waals surface area contributed by atoms with Crippen molar-refractivity contribution in [1.82, 2.24) is 0 Å². The van der Waals surface area contributed by atoms with Crippen LogP contribution in [-0.4, -0.2) is 26.6 Å². The number of rotatable bonds is 2. The second-order valence-corrected chi connectivity index (χ2v) is 6.22. The molecule has 0 spiro atoms. The Morgan fingerprint density at radius 1 is 1.43 bits per heavy atom. The van der Waals surface area contributed by atoms with Crippen LogP contribution >= 0.6 is 7.49 Å². The summed E-state index contributed by atoms with van der Waals surface area (Å²) in [5, 5.41) is 0. The van der Waals surface area contributed by atoms with Crippen LogP contribution < -0.4 is 0 Å². The van der Waals surface area contributed by atoms with E-state index in [1.165, 1.54) is 6.16 Å². The minimum Gasteiger partial charge on any atom is -0.242 e. The molecule has 0 fully saturated rings. The second kappa shape index (κ2) is 2.64. The Labute approximate surface area is 46.5 Å². The molecule has 0 aliphatic carbocycles. The van der Waals surface area contributed by atoms with Crippen LogP contribution in [0.3, 0.4) is 0 Å². The average molecular weight is 121 g/mol. The largest absolute Gasteiger partial charge is 0.242 e. The Hall–Kier alpha value is 0.390.